The van der Waals surface area contributed by atoms with Crippen LogP contribution in [0.3, 0.4) is 0 Å². The van der Waals surface area contributed by atoms with Crippen LogP contribution in [0.2, 0.25) is 5.02 Å². The number of carbonyl (C=O) groups excluding carboxylic acids is 2. The summed E-state index contributed by atoms with van der Waals surface area (Å²) in [6.07, 6.45) is 1.44. The molecule has 0 aliphatic heterocycles. The summed E-state index contributed by atoms with van der Waals surface area (Å²) >= 11 is 6.00. The molecule has 0 fully saturated rings. The summed E-state index contributed by atoms with van der Waals surface area (Å²) in [5.41, 5.74) is 4.91. The van der Waals surface area contributed by atoms with E-state index in [4.69, 9.17) is 11.6 Å². The second-order valence-electron chi connectivity index (χ2n) is 6.60. The van der Waals surface area contributed by atoms with Gasteiger partial charge in [0.1, 0.15) is 5.69 Å². The maximum atomic E-state index is 12.6. The van der Waals surface area contributed by atoms with E-state index in [9.17, 15) is 9.59 Å². The predicted molar refractivity (Wildman–Crippen MR) is 112 cm³/mol. The lowest BCUT2D eigenvalue weighted by molar-refractivity contribution is 0.102. The van der Waals surface area contributed by atoms with Crippen molar-refractivity contribution in [1.82, 2.24) is 4.98 Å². The Bertz CT molecular complexity index is 1060. The highest BCUT2D eigenvalue weighted by Crippen LogP contribution is 2.21. The first kappa shape index (κ1) is 19.6. The second-order valence-corrected chi connectivity index (χ2v) is 7.03. The fourth-order valence-corrected chi connectivity index (χ4v) is 2.81. The van der Waals surface area contributed by atoms with E-state index in [1.165, 1.54) is 12.3 Å². The molecule has 0 aliphatic carbocycles. The van der Waals surface area contributed by atoms with E-state index < -0.39 is 0 Å². The first-order valence-electron chi connectivity index (χ1n) is 8.75. The Hall–Kier alpha value is -3.18. The summed E-state index contributed by atoms with van der Waals surface area (Å²) in [7, 11) is 0. The number of amides is 2. The molecule has 3 aromatic rings. The topological polar surface area (TPSA) is 71.1 Å². The maximum Gasteiger partial charge on any atom is 0.274 e. The van der Waals surface area contributed by atoms with Gasteiger partial charge in [-0.2, -0.15) is 0 Å². The number of nitrogens with one attached hydrogen (secondary N) is 2. The van der Waals surface area contributed by atoms with Crippen LogP contribution in [-0.4, -0.2) is 16.8 Å². The van der Waals surface area contributed by atoms with Crippen molar-refractivity contribution >= 4 is 34.8 Å². The van der Waals surface area contributed by atoms with E-state index in [1.807, 2.05) is 45.0 Å². The Morgan fingerprint density at radius 1 is 0.821 bits per heavy atom. The van der Waals surface area contributed by atoms with Gasteiger partial charge in [-0.1, -0.05) is 23.7 Å². The molecule has 0 radical (unpaired) electrons. The third-order valence-corrected chi connectivity index (χ3v) is 4.70. The van der Waals surface area contributed by atoms with E-state index in [0.717, 1.165) is 16.7 Å². The molecule has 28 heavy (non-hydrogen) atoms. The lowest BCUT2D eigenvalue weighted by atomic mass is 10.1. The van der Waals surface area contributed by atoms with Gasteiger partial charge in [0.25, 0.3) is 11.8 Å². The van der Waals surface area contributed by atoms with Crippen molar-refractivity contribution < 1.29 is 9.59 Å². The van der Waals surface area contributed by atoms with E-state index in [1.54, 1.807) is 18.2 Å². The highest BCUT2D eigenvalue weighted by molar-refractivity contribution is 6.31. The molecule has 0 atom stereocenters. The lowest BCUT2D eigenvalue weighted by Gasteiger charge is -2.10. The molecule has 0 saturated carbocycles. The van der Waals surface area contributed by atoms with E-state index >= 15 is 0 Å². The molecule has 0 bridgehead atoms. The van der Waals surface area contributed by atoms with Crippen LogP contribution < -0.4 is 10.6 Å². The Labute approximate surface area is 168 Å². The van der Waals surface area contributed by atoms with Crippen LogP contribution in [-0.2, 0) is 0 Å². The minimum absolute atomic E-state index is 0.161. The van der Waals surface area contributed by atoms with Crippen LogP contribution in [0.15, 0.2) is 54.7 Å². The van der Waals surface area contributed by atoms with Crippen molar-refractivity contribution in [2.45, 2.75) is 20.8 Å². The molecule has 3 rings (SSSR count). The van der Waals surface area contributed by atoms with Gasteiger partial charge in [-0.25, -0.2) is 0 Å². The van der Waals surface area contributed by atoms with E-state index in [0.29, 0.717) is 22.0 Å². The molecule has 1 heterocycles. The molecule has 2 N–H and O–H groups in total. The zero-order valence-corrected chi connectivity index (χ0v) is 16.6. The number of carbonyl (C=O) groups is 2. The van der Waals surface area contributed by atoms with Crippen molar-refractivity contribution in [2.24, 2.45) is 0 Å². The molecule has 5 nitrogen and oxygen atoms in total. The van der Waals surface area contributed by atoms with Crippen molar-refractivity contribution in [2.75, 3.05) is 10.6 Å². The minimum Gasteiger partial charge on any atom is -0.322 e. The van der Waals surface area contributed by atoms with Crippen LogP contribution in [0.25, 0.3) is 0 Å². The summed E-state index contributed by atoms with van der Waals surface area (Å²) in [4.78, 5) is 29.2. The average molecular weight is 394 g/mol. The summed E-state index contributed by atoms with van der Waals surface area (Å²) in [6, 6.07) is 14.0. The Morgan fingerprint density at radius 3 is 2.32 bits per heavy atom. The fourth-order valence-electron chi connectivity index (χ4n) is 2.63. The highest BCUT2D eigenvalue weighted by Gasteiger charge is 2.13. The third-order valence-electron chi connectivity index (χ3n) is 4.47. The number of aryl methyl sites for hydroxylation is 3. The Kier molecular flexibility index (Phi) is 5.76. The molecular weight excluding hydrogens is 374 g/mol. The van der Waals surface area contributed by atoms with Gasteiger partial charge in [-0.15, -0.1) is 0 Å². The summed E-state index contributed by atoms with van der Waals surface area (Å²) < 4.78 is 0. The van der Waals surface area contributed by atoms with Crippen LogP contribution in [0.4, 0.5) is 11.4 Å². The number of halogens is 1. The maximum absolute atomic E-state index is 12.6. The molecule has 6 heteroatoms. The normalized spacial score (nSPS) is 10.4. The van der Waals surface area contributed by atoms with Gasteiger partial charge in [0, 0.05) is 28.2 Å². The van der Waals surface area contributed by atoms with Gasteiger partial charge in [0.2, 0.25) is 0 Å². The molecule has 1 aromatic heterocycles. The van der Waals surface area contributed by atoms with Crippen LogP contribution >= 0.6 is 11.6 Å². The molecule has 0 unspecified atom stereocenters. The van der Waals surface area contributed by atoms with Crippen molar-refractivity contribution in [3.8, 4) is 0 Å². The zero-order valence-electron chi connectivity index (χ0n) is 15.8. The van der Waals surface area contributed by atoms with Crippen molar-refractivity contribution in [3.63, 3.8) is 0 Å². The number of rotatable bonds is 4. The van der Waals surface area contributed by atoms with Crippen LogP contribution in [0.1, 0.15) is 37.5 Å². The van der Waals surface area contributed by atoms with E-state index in [-0.39, 0.29) is 17.5 Å². The molecular formula is C22H20ClN3O2. The second kappa shape index (κ2) is 8.23. The number of hydrogen-bond donors (Lipinski definition) is 2. The van der Waals surface area contributed by atoms with Crippen LogP contribution in [0.5, 0.6) is 0 Å². The predicted octanol–water partition coefficient (Wildman–Crippen LogP) is 5.16. The fraction of sp³-hybridized carbons (Fsp3) is 0.136. The van der Waals surface area contributed by atoms with E-state index in [2.05, 4.69) is 15.6 Å². The Balaban J connectivity index is 1.77. The first-order chi connectivity index (χ1) is 13.3. The average Bonchev–Trinajstić information content (AvgIpc) is 2.67. The van der Waals surface area contributed by atoms with Crippen molar-refractivity contribution in [3.05, 3.63) is 87.7 Å². The molecule has 2 amide bonds. The minimum atomic E-state index is -0.378. The zero-order chi connectivity index (χ0) is 20.3. The standard InChI is InChI=1S/C22H20ClN3O2/c1-13-5-7-18(10-15(13)3)25-22(28)20-11-16(8-9-24-20)21(27)26-19-12-17(23)6-4-14(19)2/h4-12H,1-3H3,(H,25,28)(H,26,27). The van der Waals surface area contributed by atoms with Gasteiger partial charge in [-0.05, 0) is 73.9 Å². The SMILES string of the molecule is Cc1ccc(NC(=O)c2cc(C(=O)Nc3cc(Cl)ccc3C)ccn2)cc1C. The lowest BCUT2D eigenvalue weighted by Crippen LogP contribution is -2.17. The number of pyridine rings is 1. The summed E-state index contributed by atoms with van der Waals surface area (Å²) in [5, 5.41) is 6.15. The van der Waals surface area contributed by atoms with Gasteiger partial charge in [-0.3, -0.25) is 14.6 Å². The van der Waals surface area contributed by atoms with Crippen molar-refractivity contribution in [1.29, 1.82) is 0 Å². The van der Waals surface area contributed by atoms with Gasteiger partial charge in [0.15, 0.2) is 0 Å². The monoisotopic (exact) mass is 393 g/mol. The molecule has 2 aromatic carbocycles. The molecule has 0 aliphatic rings. The summed E-state index contributed by atoms with van der Waals surface area (Å²) in [5.74, 6) is -0.718. The smallest absolute Gasteiger partial charge is 0.274 e. The Morgan fingerprint density at radius 2 is 1.57 bits per heavy atom. The number of nitrogens with zero attached hydrogens (tertiary/aromatic N) is 1. The van der Waals surface area contributed by atoms with Gasteiger partial charge in [0.05, 0.1) is 0 Å². The number of hydrogen-bond acceptors (Lipinski definition) is 3. The summed E-state index contributed by atoms with van der Waals surface area (Å²) in [6.45, 7) is 5.86. The first-order valence-corrected chi connectivity index (χ1v) is 9.13. The molecule has 0 spiro atoms. The number of benzene rings is 2. The number of aromatic nitrogens is 1. The quantitative estimate of drug-likeness (QED) is 0.642. The van der Waals surface area contributed by atoms with Crippen LogP contribution in [0, 0.1) is 20.8 Å². The molecule has 0 saturated heterocycles. The largest absolute Gasteiger partial charge is 0.322 e. The third kappa shape index (κ3) is 4.56. The van der Waals surface area contributed by atoms with Gasteiger partial charge >= 0.3 is 0 Å². The highest BCUT2D eigenvalue weighted by atomic mass is 35.5. The number of anilines is 2. The molecule has 142 valence electrons. The van der Waals surface area contributed by atoms with Gasteiger partial charge < -0.3 is 10.6 Å².